The Kier molecular flexibility index (Phi) is 9.97. The number of hydrogen-bond donors (Lipinski definition) is 2. The molecule has 9 heteroatoms. The minimum atomic E-state index is -0.585. The van der Waals surface area contributed by atoms with Crippen LogP contribution in [-0.4, -0.2) is 31.0 Å². The largest absolute Gasteiger partial charge is 0.482 e. The zero-order valence-corrected chi connectivity index (χ0v) is 17.7. The van der Waals surface area contributed by atoms with Crippen LogP contribution in [0.1, 0.15) is 24.8 Å². The van der Waals surface area contributed by atoms with Crippen molar-refractivity contribution in [2.24, 2.45) is 0 Å². The highest BCUT2D eigenvalue weighted by molar-refractivity contribution is 6.35. The molecule has 2 aromatic rings. The highest BCUT2D eigenvalue weighted by atomic mass is 35.5. The van der Waals surface area contributed by atoms with Gasteiger partial charge in [-0.2, -0.15) is 0 Å². The molecule has 7 nitrogen and oxygen atoms in total. The maximum atomic E-state index is 11.7. The lowest BCUT2D eigenvalue weighted by Crippen LogP contribution is -2.43. The number of halogens is 2. The van der Waals surface area contributed by atoms with E-state index in [9.17, 15) is 14.4 Å². The molecule has 0 aliphatic carbocycles. The van der Waals surface area contributed by atoms with Crippen LogP contribution in [0.2, 0.25) is 10.0 Å². The molecule has 0 unspecified atom stereocenters. The van der Waals surface area contributed by atoms with Gasteiger partial charge in [0.2, 0.25) is 5.91 Å². The van der Waals surface area contributed by atoms with Crippen LogP contribution in [0.25, 0.3) is 0 Å². The van der Waals surface area contributed by atoms with Gasteiger partial charge in [0.1, 0.15) is 5.75 Å². The van der Waals surface area contributed by atoms with E-state index in [-0.39, 0.29) is 36.8 Å². The van der Waals surface area contributed by atoms with Crippen molar-refractivity contribution in [2.75, 3.05) is 13.2 Å². The van der Waals surface area contributed by atoms with E-state index in [1.54, 1.807) is 6.07 Å². The van der Waals surface area contributed by atoms with E-state index in [4.69, 9.17) is 32.7 Å². The third kappa shape index (κ3) is 9.15. The van der Waals surface area contributed by atoms with E-state index in [0.29, 0.717) is 11.4 Å². The van der Waals surface area contributed by atoms with Crippen LogP contribution >= 0.6 is 23.2 Å². The van der Waals surface area contributed by atoms with Gasteiger partial charge in [-0.25, -0.2) is 0 Å². The average Bonchev–Trinajstić information content (AvgIpc) is 2.74. The van der Waals surface area contributed by atoms with E-state index in [1.807, 2.05) is 30.3 Å². The van der Waals surface area contributed by atoms with Crippen LogP contribution in [0.5, 0.6) is 5.75 Å². The van der Waals surface area contributed by atoms with Crippen LogP contribution in [0.3, 0.4) is 0 Å². The molecule has 0 heterocycles. The second-order valence-corrected chi connectivity index (χ2v) is 7.11. The topological polar surface area (TPSA) is 93.7 Å². The maximum absolute atomic E-state index is 11.7. The van der Waals surface area contributed by atoms with E-state index in [1.165, 1.54) is 17.7 Å². The minimum absolute atomic E-state index is 0.0794. The van der Waals surface area contributed by atoms with Crippen molar-refractivity contribution >= 4 is 41.0 Å². The van der Waals surface area contributed by atoms with E-state index in [0.717, 1.165) is 6.42 Å². The van der Waals surface area contributed by atoms with Gasteiger partial charge in [0.15, 0.2) is 6.61 Å². The molecule has 0 aliphatic heterocycles. The molecule has 0 saturated heterocycles. The standard InChI is InChI=1S/C21H22Cl2N2O5/c22-16-8-9-18(17(23)13-16)30-14-20(27)25-24-19(26)10-11-21(28)29-12-4-7-15-5-2-1-3-6-15/h1-3,5-6,8-9,13H,4,7,10-12,14H2,(H,24,26)(H,25,27). The molecule has 2 aromatic carbocycles. The Bertz CT molecular complexity index is 862. The SMILES string of the molecule is O=C(CCC(=O)OCCCc1ccccc1)NNC(=O)COc1ccc(Cl)cc1Cl. The second kappa shape index (κ2) is 12.7. The first-order valence-corrected chi connectivity index (χ1v) is 10.0. The van der Waals surface area contributed by atoms with Gasteiger partial charge >= 0.3 is 5.97 Å². The number of esters is 1. The summed E-state index contributed by atoms with van der Waals surface area (Å²) in [6.45, 7) is -0.0677. The molecule has 0 bridgehead atoms. The third-order valence-corrected chi connectivity index (χ3v) is 4.40. The number of carbonyl (C=O) groups excluding carboxylic acids is 3. The number of rotatable bonds is 10. The summed E-state index contributed by atoms with van der Waals surface area (Å²) >= 11 is 11.7. The van der Waals surface area contributed by atoms with E-state index < -0.39 is 17.8 Å². The lowest BCUT2D eigenvalue weighted by atomic mass is 10.1. The first-order valence-electron chi connectivity index (χ1n) is 9.29. The summed E-state index contributed by atoms with van der Waals surface area (Å²) < 4.78 is 10.3. The molecule has 160 valence electrons. The highest BCUT2D eigenvalue weighted by Gasteiger charge is 2.10. The summed E-state index contributed by atoms with van der Waals surface area (Å²) in [5.41, 5.74) is 5.57. The predicted octanol–water partition coefficient (Wildman–Crippen LogP) is 3.48. The number of nitrogens with one attached hydrogen (secondary N) is 2. The second-order valence-electron chi connectivity index (χ2n) is 6.27. The molecule has 30 heavy (non-hydrogen) atoms. The number of ether oxygens (including phenoxy) is 2. The van der Waals surface area contributed by atoms with Gasteiger partial charge in [0.05, 0.1) is 18.1 Å². The molecule has 0 aliphatic rings. The van der Waals surface area contributed by atoms with Crippen LogP contribution in [-0.2, 0) is 25.5 Å². The number of hydrazine groups is 1. The zero-order chi connectivity index (χ0) is 21.8. The Balaban J connectivity index is 1.54. The molecule has 0 saturated carbocycles. The maximum Gasteiger partial charge on any atom is 0.306 e. The number of benzene rings is 2. The molecule has 0 atom stereocenters. The fourth-order valence-electron chi connectivity index (χ4n) is 2.37. The summed E-state index contributed by atoms with van der Waals surface area (Å²) in [7, 11) is 0. The van der Waals surface area contributed by atoms with Crippen LogP contribution in [0.4, 0.5) is 0 Å². The molecule has 2 rings (SSSR count). The number of hydrogen-bond acceptors (Lipinski definition) is 5. The Morgan fingerprint density at radius 3 is 2.37 bits per heavy atom. The minimum Gasteiger partial charge on any atom is -0.482 e. The van der Waals surface area contributed by atoms with Gasteiger partial charge in [-0.05, 0) is 36.6 Å². The smallest absolute Gasteiger partial charge is 0.306 e. The number of carbonyl (C=O) groups is 3. The van der Waals surface area contributed by atoms with Gasteiger partial charge in [-0.3, -0.25) is 25.2 Å². The lowest BCUT2D eigenvalue weighted by Gasteiger charge is -2.10. The summed E-state index contributed by atoms with van der Waals surface area (Å²) in [5, 5.41) is 0.709. The summed E-state index contributed by atoms with van der Waals surface area (Å²) in [6, 6.07) is 14.5. The van der Waals surface area contributed by atoms with Gasteiger partial charge in [-0.1, -0.05) is 53.5 Å². The fraction of sp³-hybridized carbons (Fsp3) is 0.286. The van der Waals surface area contributed by atoms with Crippen molar-refractivity contribution in [3.8, 4) is 5.75 Å². The molecule has 2 amide bonds. The van der Waals surface area contributed by atoms with Crippen molar-refractivity contribution in [3.05, 3.63) is 64.1 Å². The van der Waals surface area contributed by atoms with Crippen LogP contribution in [0, 0.1) is 0 Å². The highest BCUT2D eigenvalue weighted by Crippen LogP contribution is 2.27. The third-order valence-electron chi connectivity index (χ3n) is 3.87. The van der Waals surface area contributed by atoms with Gasteiger partial charge in [-0.15, -0.1) is 0 Å². The summed E-state index contributed by atoms with van der Waals surface area (Å²) in [4.78, 5) is 35.1. The molecule has 0 radical (unpaired) electrons. The van der Waals surface area contributed by atoms with E-state index in [2.05, 4.69) is 10.9 Å². The van der Waals surface area contributed by atoms with Gasteiger partial charge in [0.25, 0.3) is 5.91 Å². The Labute approximate surface area is 184 Å². The van der Waals surface area contributed by atoms with E-state index >= 15 is 0 Å². The Morgan fingerprint density at radius 2 is 1.63 bits per heavy atom. The molecular formula is C21H22Cl2N2O5. The first kappa shape index (κ1) is 23.5. The molecule has 0 fully saturated rings. The first-order chi connectivity index (χ1) is 14.4. The number of aryl methyl sites for hydroxylation is 1. The van der Waals surface area contributed by atoms with Crippen molar-refractivity contribution in [3.63, 3.8) is 0 Å². The van der Waals surface area contributed by atoms with Gasteiger partial charge < -0.3 is 9.47 Å². The quantitative estimate of drug-likeness (QED) is 0.327. The zero-order valence-electron chi connectivity index (χ0n) is 16.2. The van der Waals surface area contributed by atoms with Crippen molar-refractivity contribution in [1.29, 1.82) is 0 Å². The van der Waals surface area contributed by atoms with Crippen molar-refractivity contribution in [1.82, 2.24) is 10.9 Å². The summed E-state index contributed by atoms with van der Waals surface area (Å²) in [5.74, 6) is -1.28. The fourth-order valence-corrected chi connectivity index (χ4v) is 2.83. The molecule has 0 spiro atoms. The molecule has 0 aromatic heterocycles. The molecule has 2 N–H and O–H groups in total. The van der Waals surface area contributed by atoms with Crippen molar-refractivity contribution in [2.45, 2.75) is 25.7 Å². The van der Waals surface area contributed by atoms with Crippen LogP contribution < -0.4 is 15.6 Å². The Hall–Kier alpha value is -2.77. The lowest BCUT2D eigenvalue weighted by molar-refractivity contribution is -0.145. The predicted molar refractivity (Wildman–Crippen MR) is 113 cm³/mol. The van der Waals surface area contributed by atoms with Gasteiger partial charge in [0, 0.05) is 11.4 Å². The van der Waals surface area contributed by atoms with Crippen molar-refractivity contribution < 1.29 is 23.9 Å². The van der Waals surface area contributed by atoms with Crippen LogP contribution in [0.15, 0.2) is 48.5 Å². The molecular weight excluding hydrogens is 431 g/mol. The monoisotopic (exact) mass is 452 g/mol. The number of amides is 2. The Morgan fingerprint density at radius 1 is 0.900 bits per heavy atom. The average molecular weight is 453 g/mol. The normalized spacial score (nSPS) is 10.2. The summed E-state index contributed by atoms with van der Waals surface area (Å²) in [6.07, 6.45) is 1.32.